The smallest absolute Gasteiger partial charge is 0.265 e. The molecular formula is C17H14N2O2. The molecule has 1 atom stereocenters. The van der Waals surface area contributed by atoms with Crippen LogP contribution in [0.2, 0.25) is 0 Å². The molecule has 1 aliphatic rings. The summed E-state index contributed by atoms with van der Waals surface area (Å²) in [6, 6.07) is 13.2. The number of hydrogen-bond acceptors (Lipinski definition) is 2. The Balaban J connectivity index is 2.03. The minimum absolute atomic E-state index is 0.409. The van der Waals surface area contributed by atoms with Crippen LogP contribution in [0.5, 0.6) is 0 Å². The quantitative estimate of drug-likeness (QED) is 0.640. The van der Waals surface area contributed by atoms with Crippen LogP contribution < -0.4 is 5.32 Å². The number of aromatic amines is 1. The maximum atomic E-state index is 12.4. The molecule has 1 amide bonds. The molecule has 4 nitrogen and oxygen atoms in total. The van der Waals surface area contributed by atoms with Crippen LogP contribution in [-0.2, 0) is 10.4 Å². The number of hydrogen-bond donors (Lipinski definition) is 3. The fourth-order valence-corrected chi connectivity index (χ4v) is 3.04. The van der Waals surface area contributed by atoms with Crippen LogP contribution in [0, 0.1) is 6.92 Å². The lowest BCUT2D eigenvalue weighted by atomic mass is 9.86. The number of carbonyl (C=O) groups excluding carboxylic acids is 1. The summed E-state index contributed by atoms with van der Waals surface area (Å²) in [4.78, 5) is 15.5. The normalized spacial score (nSPS) is 20.6. The molecule has 0 radical (unpaired) electrons. The lowest BCUT2D eigenvalue weighted by Crippen LogP contribution is -2.35. The van der Waals surface area contributed by atoms with Gasteiger partial charge >= 0.3 is 0 Å². The second-order valence-corrected chi connectivity index (χ2v) is 5.46. The van der Waals surface area contributed by atoms with E-state index in [4.69, 9.17) is 0 Å². The fourth-order valence-electron chi connectivity index (χ4n) is 3.04. The summed E-state index contributed by atoms with van der Waals surface area (Å²) in [5, 5.41) is 14.8. The molecule has 0 fully saturated rings. The van der Waals surface area contributed by atoms with Crippen molar-refractivity contribution in [2.75, 3.05) is 5.32 Å². The molecule has 4 rings (SSSR count). The van der Waals surface area contributed by atoms with Crippen molar-refractivity contribution in [3.05, 3.63) is 65.4 Å². The Kier molecular flexibility index (Phi) is 2.30. The Labute approximate surface area is 121 Å². The topological polar surface area (TPSA) is 65.1 Å². The number of aliphatic hydroxyl groups is 1. The minimum atomic E-state index is -1.65. The van der Waals surface area contributed by atoms with E-state index in [-0.39, 0.29) is 0 Å². The lowest BCUT2D eigenvalue weighted by molar-refractivity contribution is -0.129. The van der Waals surface area contributed by atoms with Crippen LogP contribution in [0.15, 0.2) is 48.7 Å². The van der Waals surface area contributed by atoms with E-state index in [1.807, 2.05) is 49.4 Å². The Morgan fingerprint density at radius 2 is 1.90 bits per heavy atom. The predicted octanol–water partition coefficient (Wildman–Crippen LogP) is 2.66. The van der Waals surface area contributed by atoms with Crippen molar-refractivity contribution >= 4 is 22.5 Å². The zero-order chi connectivity index (χ0) is 14.6. The lowest BCUT2D eigenvalue weighted by Gasteiger charge is -2.20. The first-order valence-electron chi connectivity index (χ1n) is 6.82. The van der Waals surface area contributed by atoms with E-state index in [0.717, 1.165) is 16.5 Å². The molecular weight excluding hydrogens is 264 g/mol. The molecule has 104 valence electrons. The molecule has 3 aromatic rings. The van der Waals surface area contributed by atoms with Gasteiger partial charge in [0, 0.05) is 33.9 Å². The van der Waals surface area contributed by atoms with Crippen molar-refractivity contribution in [2.45, 2.75) is 12.5 Å². The van der Waals surface area contributed by atoms with Crippen molar-refractivity contribution in [3.8, 4) is 0 Å². The average Bonchev–Trinajstić information content (AvgIpc) is 3.01. The van der Waals surface area contributed by atoms with Gasteiger partial charge in [-0.05, 0) is 19.1 Å². The number of amides is 1. The van der Waals surface area contributed by atoms with Gasteiger partial charge in [-0.25, -0.2) is 0 Å². The molecule has 0 aliphatic carbocycles. The van der Waals surface area contributed by atoms with Gasteiger partial charge in [-0.2, -0.15) is 0 Å². The highest BCUT2D eigenvalue weighted by atomic mass is 16.3. The van der Waals surface area contributed by atoms with Crippen LogP contribution >= 0.6 is 0 Å². The second kappa shape index (κ2) is 3.96. The second-order valence-electron chi connectivity index (χ2n) is 5.46. The van der Waals surface area contributed by atoms with Crippen molar-refractivity contribution in [1.29, 1.82) is 0 Å². The van der Waals surface area contributed by atoms with Crippen molar-refractivity contribution in [1.82, 2.24) is 4.98 Å². The first kappa shape index (κ1) is 12.2. The van der Waals surface area contributed by atoms with Gasteiger partial charge in [-0.1, -0.05) is 35.9 Å². The number of H-pyrrole nitrogens is 1. The maximum absolute atomic E-state index is 12.4. The molecule has 2 heterocycles. The van der Waals surface area contributed by atoms with Crippen LogP contribution in [0.1, 0.15) is 16.7 Å². The SMILES string of the molecule is Cc1ccc2c(c1)[C@](O)(c1c[nH]c3ccccc13)C(=O)N2. The summed E-state index contributed by atoms with van der Waals surface area (Å²) in [6.45, 7) is 1.94. The molecule has 1 aliphatic heterocycles. The zero-order valence-corrected chi connectivity index (χ0v) is 11.5. The Morgan fingerprint density at radius 1 is 1.10 bits per heavy atom. The average molecular weight is 278 g/mol. The number of aromatic nitrogens is 1. The van der Waals surface area contributed by atoms with E-state index in [1.165, 1.54) is 0 Å². The summed E-state index contributed by atoms with van der Waals surface area (Å²) in [5.41, 5.74) is 2.11. The third-order valence-electron chi connectivity index (χ3n) is 4.12. The Morgan fingerprint density at radius 3 is 2.76 bits per heavy atom. The van der Waals surface area contributed by atoms with Gasteiger partial charge in [0.25, 0.3) is 5.91 Å². The summed E-state index contributed by atoms with van der Waals surface area (Å²) < 4.78 is 0. The fraction of sp³-hybridized carbons (Fsp3) is 0.118. The van der Waals surface area contributed by atoms with Gasteiger partial charge in [0.15, 0.2) is 5.60 Å². The van der Waals surface area contributed by atoms with Gasteiger partial charge in [0.05, 0.1) is 0 Å². The van der Waals surface area contributed by atoms with E-state index in [9.17, 15) is 9.90 Å². The van der Waals surface area contributed by atoms with Crippen LogP contribution in [0.25, 0.3) is 10.9 Å². The van der Waals surface area contributed by atoms with E-state index in [1.54, 1.807) is 6.20 Å². The first-order chi connectivity index (χ1) is 10.1. The number of anilines is 1. The largest absolute Gasteiger partial charge is 0.372 e. The molecule has 0 bridgehead atoms. The van der Waals surface area contributed by atoms with Crippen molar-refractivity contribution in [3.63, 3.8) is 0 Å². The van der Waals surface area contributed by atoms with E-state index < -0.39 is 11.5 Å². The monoisotopic (exact) mass is 278 g/mol. The molecule has 21 heavy (non-hydrogen) atoms. The number of para-hydroxylation sites is 1. The predicted molar refractivity (Wildman–Crippen MR) is 81.1 cm³/mol. The number of carbonyl (C=O) groups is 1. The van der Waals surface area contributed by atoms with Gasteiger partial charge < -0.3 is 15.4 Å². The summed E-state index contributed by atoms with van der Waals surface area (Å²) >= 11 is 0. The molecule has 0 saturated carbocycles. The highest BCUT2D eigenvalue weighted by Gasteiger charge is 2.48. The highest BCUT2D eigenvalue weighted by molar-refractivity contribution is 6.09. The highest BCUT2D eigenvalue weighted by Crippen LogP contribution is 2.43. The van der Waals surface area contributed by atoms with Crippen LogP contribution in [-0.4, -0.2) is 16.0 Å². The Bertz CT molecular complexity index is 881. The molecule has 1 aromatic heterocycles. The number of aryl methyl sites for hydroxylation is 1. The molecule has 0 unspecified atom stereocenters. The molecule has 0 spiro atoms. The van der Waals surface area contributed by atoms with Gasteiger partial charge in [0.2, 0.25) is 0 Å². The molecule has 2 aromatic carbocycles. The summed E-state index contributed by atoms with van der Waals surface area (Å²) in [5.74, 6) is -0.409. The minimum Gasteiger partial charge on any atom is -0.372 e. The third kappa shape index (κ3) is 1.51. The number of benzene rings is 2. The Hall–Kier alpha value is -2.59. The van der Waals surface area contributed by atoms with Gasteiger partial charge in [-0.15, -0.1) is 0 Å². The third-order valence-corrected chi connectivity index (χ3v) is 4.12. The van der Waals surface area contributed by atoms with Crippen molar-refractivity contribution in [2.24, 2.45) is 0 Å². The molecule has 4 heteroatoms. The van der Waals surface area contributed by atoms with Gasteiger partial charge in [-0.3, -0.25) is 4.79 Å². The van der Waals surface area contributed by atoms with E-state index in [2.05, 4.69) is 10.3 Å². The van der Waals surface area contributed by atoms with Gasteiger partial charge in [0.1, 0.15) is 0 Å². The van der Waals surface area contributed by atoms with Crippen molar-refractivity contribution < 1.29 is 9.90 Å². The molecule has 3 N–H and O–H groups in total. The van der Waals surface area contributed by atoms with Crippen LogP contribution in [0.4, 0.5) is 5.69 Å². The summed E-state index contributed by atoms with van der Waals surface area (Å²) in [7, 11) is 0. The first-order valence-corrected chi connectivity index (χ1v) is 6.82. The maximum Gasteiger partial charge on any atom is 0.265 e. The zero-order valence-electron chi connectivity index (χ0n) is 11.5. The van der Waals surface area contributed by atoms with E-state index >= 15 is 0 Å². The number of rotatable bonds is 1. The summed E-state index contributed by atoms with van der Waals surface area (Å²) in [6.07, 6.45) is 1.71. The number of nitrogens with one attached hydrogen (secondary N) is 2. The standard InChI is InChI=1S/C17H14N2O2/c1-10-6-7-15-12(8-10)17(21,16(20)19-15)13-9-18-14-5-3-2-4-11(13)14/h2-9,18,21H,1H3,(H,19,20)/t17-/m0/s1. The number of fused-ring (bicyclic) bond motifs is 2. The molecule has 0 saturated heterocycles. The van der Waals surface area contributed by atoms with Crippen LogP contribution in [0.3, 0.4) is 0 Å². The van der Waals surface area contributed by atoms with E-state index in [0.29, 0.717) is 16.8 Å².